The molecule has 0 saturated carbocycles. The topological polar surface area (TPSA) is 72.5 Å². The second-order valence-corrected chi connectivity index (χ2v) is 7.00. The second kappa shape index (κ2) is 9.80. The molecular weight excluding hydrogens is 340 g/mol. The van der Waals surface area contributed by atoms with E-state index in [-0.39, 0.29) is 46.4 Å². The van der Waals surface area contributed by atoms with Crippen LogP contribution in [0.2, 0.25) is 0 Å². The number of carbonyl (C=O) groups excluding carboxylic acids is 1. The van der Waals surface area contributed by atoms with Crippen LogP contribution in [0.1, 0.15) is 49.5 Å². The number of hydrogen-bond donors (Lipinski definition) is 0. The first-order chi connectivity index (χ1) is 11.1. The molecule has 0 amide bonds. The molecule has 2 aliphatic rings. The fourth-order valence-electron chi connectivity index (χ4n) is 2.70. The lowest BCUT2D eigenvalue weighted by Gasteiger charge is -2.23. The van der Waals surface area contributed by atoms with Gasteiger partial charge in [0, 0.05) is 5.57 Å². The number of ether oxygens (including phenoxy) is 6. The molecule has 2 rings (SSSR count). The van der Waals surface area contributed by atoms with Gasteiger partial charge >= 0.3 is 5.97 Å². The molecule has 0 radical (unpaired) electrons. The van der Waals surface area contributed by atoms with Gasteiger partial charge in [0.15, 0.2) is 11.6 Å². The standard InChI is InChI=1S/C17H28O7.2CH4/c1-11(2)15(18)20-8-7-19-9-12-14(24-17(5,6)23-12)13-10-21-16(3,4)22-13;;/h12-14H,1,7-10H2,2-6H3;2*1H4. The van der Waals surface area contributed by atoms with Crippen LogP contribution < -0.4 is 0 Å². The van der Waals surface area contributed by atoms with Gasteiger partial charge in [0.1, 0.15) is 24.9 Å². The van der Waals surface area contributed by atoms with E-state index < -0.39 is 17.5 Å². The van der Waals surface area contributed by atoms with E-state index in [9.17, 15) is 4.79 Å². The Bertz CT molecular complexity index is 473. The normalized spacial score (nSPS) is 28.7. The third-order valence-electron chi connectivity index (χ3n) is 3.71. The van der Waals surface area contributed by atoms with Gasteiger partial charge in [0.25, 0.3) is 0 Å². The molecule has 0 N–H and O–H groups in total. The molecule has 0 aromatic carbocycles. The van der Waals surface area contributed by atoms with E-state index in [0.29, 0.717) is 18.8 Å². The van der Waals surface area contributed by atoms with Crippen LogP contribution in [-0.2, 0) is 33.2 Å². The Morgan fingerprint density at radius 2 is 1.73 bits per heavy atom. The Labute approximate surface area is 157 Å². The van der Waals surface area contributed by atoms with Crippen molar-refractivity contribution in [3.8, 4) is 0 Å². The van der Waals surface area contributed by atoms with E-state index in [4.69, 9.17) is 28.4 Å². The molecule has 26 heavy (non-hydrogen) atoms. The Kier molecular flexibility index (Phi) is 9.43. The molecule has 154 valence electrons. The highest BCUT2D eigenvalue weighted by molar-refractivity contribution is 5.86. The van der Waals surface area contributed by atoms with Crippen molar-refractivity contribution in [2.45, 2.75) is 79.4 Å². The second-order valence-electron chi connectivity index (χ2n) is 7.00. The molecule has 2 heterocycles. The third kappa shape index (κ3) is 6.96. The summed E-state index contributed by atoms with van der Waals surface area (Å²) in [5.74, 6) is -1.75. The minimum absolute atomic E-state index is 0. The van der Waals surface area contributed by atoms with Gasteiger partial charge in [-0.3, -0.25) is 0 Å². The van der Waals surface area contributed by atoms with Gasteiger partial charge in [-0.2, -0.15) is 0 Å². The summed E-state index contributed by atoms with van der Waals surface area (Å²) < 4.78 is 33.9. The first kappa shape index (κ1) is 25.0. The smallest absolute Gasteiger partial charge is 0.333 e. The average Bonchev–Trinajstić information content (AvgIpc) is 2.97. The minimum Gasteiger partial charge on any atom is -0.460 e. The van der Waals surface area contributed by atoms with Gasteiger partial charge in [0.05, 0.1) is 19.8 Å². The summed E-state index contributed by atoms with van der Waals surface area (Å²) in [6, 6.07) is 0. The van der Waals surface area contributed by atoms with Crippen molar-refractivity contribution < 1.29 is 33.2 Å². The molecule has 7 nitrogen and oxygen atoms in total. The summed E-state index contributed by atoms with van der Waals surface area (Å²) in [4.78, 5) is 11.3. The predicted octanol–water partition coefficient (Wildman–Crippen LogP) is 3.07. The molecule has 0 aromatic rings. The zero-order valence-corrected chi connectivity index (χ0v) is 15.1. The van der Waals surface area contributed by atoms with Crippen molar-refractivity contribution in [1.82, 2.24) is 0 Å². The molecule has 3 unspecified atom stereocenters. The van der Waals surface area contributed by atoms with Crippen molar-refractivity contribution in [1.29, 1.82) is 0 Å². The Hall–Kier alpha value is -0.990. The summed E-state index contributed by atoms with van der Waals surface area (Å²) >= 11 is 0. The van der Waals surface area contributed by atoms with Crippen molar-refractivity contribution >= 4 is 5.97 Å². The molecule has 2 fully saturated rings. The molecule has 2 saturated heterocycles. The lowest BCUT2D eigenvalue weighted by atomic mass is 10.1. The van der Waals surface area contributed by atoms with Crippen molar-refractivity contribution in [2.24, 2.45) is 0 Å². The van der Waals surface area contributed by atoms with Crippen LogP contribution in [0.5, 0.6) is 0 Å². The highest BCUT2D eigenvalue weighted by Gasteiger charge is 2.49. The molecule has 0 aromatic heterocycles. The van der Waals surface area contributed by atoms with Gasteiger partial charge in [-0.05, 0) is 34.6 Å². The van der Waals surface area contributed by atoms with Crippen LogP contribution in [0.25, 0.3) is 0 Å². The molecule has 0 aliphatic carbocycles. The van der Waals surface area contributed by atoms with Gasteiger partial charge in [-0.15, -0.1) is 0 Å². The Morgan fingerprint density at radius 3 is 2.27 bits per heavy atom. The Balaban J connectivity index is 0.00000312. The maximum atomic E-state index is 11.3. The summed E-state index contributed by atoms with van der Waals surface area (Å²) in [5.41, 5.74) is 0.366. The van der Waals surface area contributed by atoms with E-state index in [0.717, 1.165) is 0 Å². The predicted molar refractivity (Wildman–Crippen MR) is 98.8 cm³/mol. The number of carbonyl (C=O) groups is 1. The van der Waals surface area contributed by atoms with Crippen molar-refractivity contribution in [3.05, 3.63) is 12.2 Å². The maximum absolute atomic E-state index is 11.3. The van der Waals surface area contributed by atoms with Gasteiger partial charge in [0.2, 0.25) is 0 Å². The van der Waals surface area contributed by atoms with Gasteiger partial charge in [-0.1, -0.05) is 21.4 Å². The van der Waals surface area contributed by atoms with Gasteiger partial charge in [-0.25, -0.2) is 4.79 Å². The van der Waals surface area contributed by atoms with E-state index in [1.807, 2.05) is 27.7 Å². The first-order valence-electron chi connectivity index (χ1n) is 8.17. The highest BCUT2D eigenvalue weighted by atomic mass is 16.8. The quantitative estimate of drug-likeness (QED) is 0.384. The Morgan fingerprint density at radius 1 is 1.08 bits per heavy atom. The van der Waals surface area contributed by atoms with Crippen LogP contribution in [0, 0.1) is 0 Å². The highest BCUT2D eigenvalue weighted by Crippen LogP contribution is 2.35. The fourth-order valence-corrected chi connectivity index (χ4v) is 2.70. The van der Waals surface area contributed by atoms with E-state index in [1.54, 1.807) is 6.92 Å². The third-order valence-corrected chi connectivity index (χ3v) is 3.71. The summed E-state index contributed by atoms with van der Waals surface area (Å²) in [6.45, 7) is 13.8. The summed E-state index contributed by atoms with van der Waals surface area (Å²) in [6.07, 6.45) is -0.768. The molecular formula is C19H36O7. The van der Waals surface area contributed by atoms with Crippen LogP contribution in [0.3, 0.4) is 0 Å². The van der Waals surface area contributed by atoms with Gasteiger partial charge < -0.3 is 28.4 Å². The molecule has 3 atom stereocenters. The van der Waals surface area contributed by atoms with E-state index in [1.165, 1.54) is 0 Å². The van der Waals surface area contributed by atoms with Crippen LogP contribution in [-0.4, -0.2) is 62.3 Å². The summed E-state index contributed by atoms with van der Waals surface area (Å²) in [7, 11) is 0. The fraction of sp³-hybridized carbons (Fsp3) is 0.842. The molecule has 0 bridgehead atoms. The lowest BCUT2D eigenvalue weighted by molar-refractivity contribution is -0.175. The molecule has 7 heteroatoms. The van der Waals surface area contributed by atoms with Crippen LogP contribution in [0.4, 0.5) is 0 Å². The number of hydrogen-bond acceptors (Lipinski definition) is 7. The average molecular weight is 376 g/mol. The van der Waals surface area contributed by atoms with Crippen LogP contribution in [0.15, 0.2) is 12.2 Å². The maximum Gasteiger partial charge on any atom is 0.333 e. The number of esters is 1. The van der Waals surface area contributed by atoms with E-state index >= 15 is 0 Å². The van der Waals surface area contributed by atoms with Crippen molar-refractivity contribution in [3.63, 3.8) is 0 Å². The first-order valence-corrected chi connectivity index (χ1v) is 8.17. The zero-order chi connectivity index (χ0) is 18.0. The zero-order valence-electron chi connectivity index (χ0n) is 15.1. The molecule has 0 spiro atoms. The van der Waals surface area contributed by atoms with Crippen molar-refractivity contribution in [2.75, 3.05) is 26.4 Å². The summed E-state index contributed by atoms with van der Waals surface area (Å²) in [5, 5.41) is 0. The number of rotatable bonds is 7. The monoisotopic (exact) mass is 376 g/mol. The minimum atomic E-state index is -0.707. The SMILES string of the molecule is C.C.C=C(C)C(=O)OCCOCC1OC(C)(C)OC1C1COC(C)(C)O1. The van der Waals surface area contributed by atoms with Crippen LogP contribution >= 0.6 is 0 Å². The lowest BCUT2D eigenvalue weighted by Crippen LogP contribution is -2.40. The molecule has 2 aliphatic heterocycles. The largest absolute Gasteiger partial charge is 0.460 e. The van der Waals surface area contributed by atoms with E-state index in [2.05, 4.69) is 6.58 Å².